The third kappa shape index (κ3) is 2.04. The molecular weight excluding hydrogens is 302 g/mol. The van der Waals surface area contributed by atoms with Crippen molar-refractivity contribution in [2.45, 2.75) is 43.7 Å². The minimum atomic E-state index is -1.15. The summed E-state index contributed by atoms with van der Waals surface area (Å²) in [6.45, 7) is 1.77. The average Bonchev–Trinajstić information content (AvgIpc) is 2.55. The van der Waals surface area contributed by atoms with E-state index in [1.165, 1.54) is 12.1 Å². The van der Waals surface area contributed by atoms with E-state index in [0.717, 1.165) is 5.56 Å². The van der Waals surface area contributed by atoms with Gasteiger partial charge in [-0.2, -0.15) is 4.89 Å². The fraction of sp³-hybridized carbons (Fsp3) is 0.438. The summed E-state index contributed by atoms with van der Waals surface area (Å²) < 4.78 is 6.13. The molecule has 0 radical (unpaired) electrons. The maximum atomic E-state index is 12.2. The fourth-order valence-corrected chi connectivity index (χ4v) is 3.45. The van der Waals surface area contributed by atoms with Crippen LogP contribution in [0.2, 0.25) is 0 Å². The first kappa shape index (κ1) is 14.5. The van der Waals surface area contributed by atoms with Crippen molar-refractivity contribution in [2.24, 2.45) is 0 Å². The van der Waals surface area contributed by atoms with Gasteiger partial charge in [0, 0.05) is 25.0 Å². The van der Waals surface area contributed by atoms with Gasteiger partial charge in [0.1, 0.15) is 6.10 Å². The molecule has 0 aromatic heterocycles. The van der Waals surface area contributed by atoms with Crippen molar-refractivity contribution in [2.75, 3.05) is 0 Å². The summed E-state index contributed by atoms with van der Waals surface area (Å²) in [5, 5.41) is 10.8. The molecule has 1 aromatic rings. The molecular formula is C16H15NO6. The number of hydrogen-bond acceptors (Lipinski definition) is 6. The number of benzene rings is 1. The zero-order chi connectivity index (χ0) is 16.2. The number of nitro benzene ring substituents is 1. The third-order valence-corrected chi connectivity index (χ3v) is 4.64. The Morgan fingerprint density at radius 3 is 2.70 bits per heavy atom. The van der Waals surface area contributed by atoms with Crippen LogP contribution in [0.1, 0.15) is 37.9 Å². The van der Waals surface area contributed by atoms with Gasteiger partial charge in [0.05, 0.1) is 10.5 Å². The van der Waals surface area contributed by atoms with Crippen molar-refractivity contribution >= 4 is 11.5 Å². The first-order chi connectivity index (χ1) is 10.9. The van der Waals surface area contributed by atoms with E-state index in [9.17, 15) is 14.9 Å². The number of hydrogen-bond donors (Lipinski definition) is 0. The predicted molar refractivity (Wildman–Crippen MR) is 77.2 cm³/mol. The molecule has 3 heterocycles. The topological polar surface area (TPSA) is 87.9 Å². The van der Waals surface area contributed by atoms with Crippen molar-refractivity contribution in [3.8, 4) is 0 Å². The van der Waals surface area contributed by atoms with Crippen molar-refractivity contribution in [1.82, 2.24) is 0 Å². The van der Waals surface area contributed by atoms with Gasteiger partial charge in [-0.3, -0.25) is 14.9 Å². The summed E-state index contributed by atoms with van der Waals surface area (Å²) in [5.41, 5.74) is 0.337. The smallest absolute Gasteiger partial charge is 0.269 e. The summed E-state index contributed by atoms with van der Waals surface area (Å²) in [5.74, 6) is -1.13. The highest BCUT2D eigenvalue weighted by Gasteiger charge is 2.60. The summed E-state index contributed by atoms with van der Waals surface area (Å²) in [6, 6.07) is 6.15. The molecule has 120 valence electrons. The molecule has 1 aromatic carbocycles. The van der Waals surface area contributed by atoms with Gasteiger partial charge in [0.2, 0.25) is 5.79 Å². The molecule has 1 saturated heterocycles. The van der Waals surface area contributed by atoms with Gasteiger partial charge < -0.3 is 4.74 Å². The molecule has 3 aliphatic heterocycles. The number of nitro groups is 1. The Morgan fingerprint density at radius 1 is 1.26 bits per heavy atom. The SMILES string of the molecule is C[C@]12C=C3C(=O)CCC[C@@]3(OO1)OC2c1ccc([N+](=O)[O-])cc1. The zero-order valence-electron chi connectivity index (χ0n) is 12.5. The molecule has 1 unspecified atom stereocenters. The molecule has 1 spiro atoms. The highest BCUT2D eigenvalue weighted by molar-refractivity contribution is 5.98. The molecule has 7 nitrogen and oxygen atoms in total. The monoisotopic (exact) mass is 317 g/mol. The molecule has 3 atom stereocenters. The standard InChI is InChI=1S/C16H15NO6/c1-15-9-12-13(18)3-2-8-16(12,23-22-15)21-14(15)10-4-6-11(7-5-10)17(19)20/h4-7,9,14H,2-3,8H2,1H3/t14?,15-,16+/m1/s1. The summed E-state index contributed by atoms with van der Waals surface area (Å²) in [4.78, 5) is 33.5. The van der Waals surface area contributed by atoms with Crippen molar-refractivity contribution in [3.05, 3.63) is 51.6 Å². The number of non-ortho nitro benzene ring substituents is 1. The summed E-state index contributed by atoms with van der Waals surface area (Å²) in [6.07, 6.45) is 2.99. The van der Waals surface area contributed by atoms with Crippen LogP contribution in [0.15, 0.2) is 35.9 Å². The van der Waals surface area contributed by atoms with E-state index in [1.807, 2.05) is 0 Å². The molecule has 5 rings (SSSR count). The van der Waals surface area contributed by atoms with Crippen molar-refractivity contribution in [3.63, 3.8) is 0 Å². The number of carbonyl (C=O) groups is 1. The van der Waals surface area contributed by atoms with Crippen LogP contribution in [0.3, 0.4) is 0 Å². The van der Waals surface area contributed by atoms with E-state index in [4.69, 9.17) is 14.5 Å². The van der Waals surface area contributed by atoms with Crippen LogP contribution in [0.4, 0.5) is 5.69 Å². The number of nitrogens with zero attached hydrogens (tertiary/aromatic N) is 1. The number of fused-ring (bicyclic) bond motifs is 2. The molecule has 2 bridgehead atoms. The van der Waals surface area contributed by atoms with Crippen LogP contribution in [-0.2, 0) is 19.3 Å². The maximum Gasteiger partial charge on any atom is 0.269 e. The molecule has 0 N–H and O–H groups in total. The fourth-order valence-electron chi connectivity index (χ4n) is 3.45. The van der Waals surface area contributed by atoms with Gasteiger partial charge in [-0.05, 0) is 37.1 Å². The number of ketones is 1. The minimum Gasteiger partial charge on any atom is -0.332 e. The van der Waals surface area contributed by atoms with Crippen LogP contribution >= 0.6 is 0 Å². The van der Waals surface area contributed by atoms with E-state index in [2.05, 4.69) is 0 Å². The van der Waals surface area contributed by atoms with Gasteiger partial charge in [-0.15, -0.1) is 0 Å². The minimum absolute atomic E-state index is 0.0132. The van der Waals surface area contributed by atoms with Crippen LogP contribution in [0.25, 0.3) is 0 Å². The second kappa shape index (κ2) is 4.70. The lowest BCUT2D eigenvalue weighted by atomic mass is 9.78. The van der Waals surface area contributed by atoms with Gasteiger partial charge in [0.25, 0.3) is 5.69 Å². The lowest BCUT2D eigenvalue weighted by Crippen LogP contribution is -2.59. The molecule has 1 saturated carbocycles. The molecule has 2 fully saturated rings. The van der Waals surface area contributed by atoms with Crippen molar-refractivity contribution < 1.29 is 24.2 Å². The molecule has 0 amide bonds. The van der Waals surface area contributed by atoms with E-state index < -0.39 is 22.4 Å². The van der Waals surface area contributed by atoms with Gasteiger partial charge in [-0.1, -0.05) is 0 Å². The number of carbonyl (C=O) groups excluding carboxylic acids is 1. The van der Waals surface area contributed by atoms with Crippen LogP contribution in [0, 0.1) is 10.1 Å². The maximum absolute atomic E-state index is 12.2. The Kier molecular flexibility index (Phi) is 2.96. The van der Waals surface area contributed by atoms with Crippen LogP contribution in [-0.4, -0.2) is 22.1 Å². The molecule has 4 aliphatic rings. The van der Waals surface area contributed by atoms with E-state index >= 15 is 0 Å². The summed E-state index contributed by atoms with van der Waals surface area (Å²) in [7, 11) is 0. The average molecular weight is 317 g/mol. The number of Topliss-reactive ketones (excluding diaryl/α,β-unsaturated/α-hetero) is 1. The van der Waals surface area contributed by atoms with Gasteiger partial charge in [0.15, 0.2) is 11.4 Å². The zero-order valence-corrected chi connectivity index (χ0v) is 12.5. The molecule has 23 heavy (non-hydrogen) atoms. The molecule has 7 heteroatoms. The first-order valence-electron chi connectivity index (χ1n) is 7.49. The lowest BCUT2D eigenvalue weighted by molar-refractivity contribution is -0.519. The third-order valence-electron chi connectivity index (χ3n) is 4.64. The Morgan fingerprint density at radius 2 is 2.00 bits per heavy atom. The van der Waals surface area contributed by atoms with E-state index in [1.54, 1.807) is 25.1 Å². The highest BCUT2D eigenvalue weighted by atomic mass is 17.3. The summed E-state index contributed by atoms with van der Waals surface area (Å²) >= 11 is 0. The Hall–Kier alpha value is -2.09. The quantitative estimate of drug-likeness (QED) is 0.473. The van der Waals surface area contributed by atoms with E-state index in [0.29, 0.717) is 24.8 Å². The number of rotatable bonds is 2. The van der Waals surface area contributed by atoms with Gasteiger partial charge >= 0.3 is 0 Å². The molecule has 1 aliphatic carbocycles. The van der Waals surface area contributed by atoms with Crippen molar-refractivity contribution in [1.29, 1.82) is 0 Å². The Labute approximate surface area is 131 Å². The van der Waals surface area contributed by atoms with Crippen LogP contribution in [0.5, 0.6) is 0 Å². The first-order valence-corrected chi connectivity index (χ1v) is 7.49. The van der Waals surface area contributed by atoms with Gasteiger partial charge in [-0.25, -0.2) is 4.89 Å². The predicted octanol–water partition coefficient (Wildman–Crippen LogP) is 2.76. The largest absolute Gasteiger partial charge is 0.332 e. The second-order valence-electron chi connectivity index (χ2n) is 6.28. The Bertz CT molecular complexity index is 727. The normalized spacial score (nSPS) is 35.6. The van der Waals surface area contributed by atoms with Crippen LogP contribution < -0.4 is 0 Å². The lowest BCUT2D eigenvalue weighted by Gasteiger charge is -2.53. The Balaban J connectivity index is 1.74. The second-order valence-corrected chi connectivity index (χ2v) is 6.28. The number of ether oxygens (including phenoxy) is 1. The highest BCUT2D eigenvalue weighted by Crippen LogP contribution is 2.54. The van der Waals surface area contributed by atoms with E-state index in [-0.39, 0.29) is 11.5 Å².